The number of aromatic nitrogens is 1. The highest BCUT2D eigenvalue weighted by Crippen LogP contribution is 2.24. The second-order valence-corrected chi connectivity index (χ2v) is 4.06. The lowest BCUT2D eigenvalue weighted by Crippen LogP contribution is -2.19. The summed E-state index contributed by atoms with van der Waals surface area (Å²) >= 11 is 5.92. The van der Waals surface area contributed by atoms with Gasteiger partial charge in [-0.1, -0.05) is 16.8 Å². The number of nitrogens with two attached hydrogens (primary N) is 1. The van der Waals surface area contributed by atoms with E-state index in [0.717, 1.165) is 0 Å². The predicted octanol–water partition coefficient (Wildman–Crippen LogP) is 2.86. The summed E-state index contributed by atoms with van der Waals surface area (Å²) in [6.07, 6.45) is 0. The van der Waals surface area contributed by atoms with E-state index in [1.165, 1.54) is 0 Å². The Balaban J connectivity index is 2.03. The molecular weight excluding hydrogens is 256 g/mol. The van der Waals surface area contributed by atoms with Gasteiger partial charge in [-0.05, 0) is 25.1 Å². The molecule has 2 rings (SSSR count). The van der Waals surface area contributed by atoms with Crippen LogP contribution >= 0.6 is 11.6 Å². The third-order valence-corrected chi connectivity index (χ3v) is 2.42. The van der Waals surface area contributed by atoms with E-state index in [4.69, 9.17) is 21.9 Å². The number of nitrogen functional groups attached to an aromatic ring is 1. The van der Waals surface area contributed by atoms with E-state index in [0.29, 0.717) is 22.1 Å². The summed E-state index contributed by atoms with van der Waals surface area (Å²) in [6, 6.07) is 5.93. The van der Waals surface area contributed by atoms with E-state index in [1.807, 2.05) is 0 Å². The van der Waals surface area contributed by atoms with Crippen LogP contribution in [0, 0.1) is 6.92 Å². The summed E-state index contributed by atoms with van der Waals surface area (Å²) in [4.78, 5) is 11.6. The highest BCUT2D eigenvalue weighted by molar-refractivity contribution is 6.34. The van der Waals surface area contributed by atoms with Crippen LogP contribution in [0.3, 0.4) is 0 Å². The molecule has 1 aromatic heterocycles. The minimum absolute atomic E-state index is 0.261. The first-order valence-electron chi connectivity index (χ1n) is 5.11. The van der Waals surface area contributed by atoms with Crippen LogP contribution in [-0.4, -0.2) is 11.2 Å². The number of nitrogens with one attached hydrogen (secondary N) is 2. The van der Waals surface area contributed by atoms with Crippen molar-refractivity contribution in [3.63, 3.8) is 0 Å². The lowest BCUT2D eigenvalue weighted by Gasteiger charge is -2.07. The molecule has 0 saturated heterocycles. The van der Waals surface area contributed by atoms with E-state index >= 15 is 0 Å². The maximum atomic E-state index is 11.6. The molecular formula is C11H11ClN4O2. The predicted molar refractivity (Wildman–Crippen MR) is 69.7 cm³/mol. The Labute approximate surface area is 108 Å². The van der Waals surface area contributed by atoms with Gasteiger partial charge in [0.1, 0.15) is 0 Å². The molecule has 18 heavy (non-hydrogen) atoms. The number of carbonyl (C=O) groups excluding carboxylic acids is 1. The van der Waals surface area contributed by atoms with Gasteiger partial charge < -0.3 is 15.6 Å². The number of benzene rings is 1. The molecule has 0 spiro atoms. The summed E-state index contributed by atoms with van der Waals surface area (Å²) in [6.45, 7) is 1.75. The molecule has 1 heterocycles. The molecule has 2 amide bonds. The van der Waals surface area contributed by atoms with Crippen molar-refractivity contribution in [3.8, 4) is 0 Å². The third-order valence-electron chi connectivity index (χ3n) is 2.11. The van der Waals surface area contributed by atoms with Crippen LogP contribution in [-0.2, 0) is 0 Å². The molecule has 0 saturated carbocycles. The number of anilines is 3. The fraction of sp³-hybridized carbons (Fsp3) is 0.0909. The Hall–Kier alpha value is -2.21. The lowest BCUT2D eigenvalue weighted by molar-refractivity contribution is 0.261. The first kappa shape index (κ1) is 12.3. The van der Waals surface area contributed by atoms with Gasteiger partial charge >= 0.3 is 6.03 Å². The fourth-order valence-corrected chi connectivity index (χ4v) is 1.56. The second-order valence-electron chi connectivity index (χ2n) is 3.65. The van der Waals surface area contributed by atoms with Crippen molar-refractivity contribution in [1.29, 1.82) is 0 Å². The molecule has 0 bridgehead atoms. The lowest BCUT2D eigenvalue weighted by atomic mass is 10.3. The topological polar surface area (TPSA) is 93.2 Å². The van der Waals surface area contributed by atoms with Crippen LogP contribution < -0.4 is 16.4 Å². The van der Waals surface area contributed by atoms with Crippen molar-refractivity contribution in [2.24, 2.45) is 0 Å². The van der Waals surface area contributed by atoms with Gasteiger partial charge in [0.25, 0.3) is 0 Å². The Bertz CT molecular complexity index is 582. The van der Waals surface area contributed by atoms with Crippen molar-refractivity contribution in [3.05, 3.63) is 35.0 Å². The minimum Gasteiger partial charge on any atom is -0.399 e. The van der Waals surface area contributed by atoms with Crippen molar-refractivity contribution in [1.82, 2.24) is 5.16 Å². The van der Waals surface area contributed by atoms with Crippen molar-refractivity contribution < 1.29 is 9.32 Å². The maximum absolute atomic E-state index is 11.6. The molecule has 2 aromatic rings. The molecule has 0 aliphatic rings. The average molecular weight is 267 g/mol. The number of aryl methyl sites for hydroxylation is 1. The van der Waals surface area contributed by atoms with E-state index in [1.54, 1.807) is 31.2 Å². The molecule has 6 nitrogen and oxygen atoms in total. The van der Waals surface area contributed by atoms with Crippen LogP contribution in [0.15, 0.2) is 28.8 Å². The number of hydrogen-bond acceptors (Lipinski definition) is 4. The molecule has 7 heteroatoms. The molecule has 0 aliphatic carbocycles. The minimum atomic E-state index is -0.474. The number of nitrogens with zero attached hydrogens (tertiary/aromatic N) is 1. The van der Waals surface area contributed by atoms with Crippen LogP contribution in [0.2, 0.25) is 5.02 Å². The zero-order chi connectivity index (χ0) is 13.1. The Morgan fingerprint density at radius 2 is 2.17 bits per heavy atom. The molecule has 0 unspecified atom stereocenters. The largest absolute Gasteiger partial charge is 0.399 e. The van der Waals surface area contributed by atoms with Gasteiger partial charge in [-0.15, -0.1) is 0 Å². The smallest absolute Gasteiger partial charge is 0.326 e. The highest BCUT2D eigenvalue weighted by Gasteiger charge is 2.08. The number of rotatable bonds is 2. The molecule has 4 N–H and O–H groups in total. The van der Waals surface area contributed by atoms with Crippen LogP contribution in [0.4, 0.5) is 22.1 Å². The van der Waals surface area contributed by atoms with Gasteiger partial charge in [0.05, 0.1) is 16.4 Å². The van der Waals surface area contributed by atoms with Crippen molar-refractivity contribution in [2.45, 2.75) is 6.92 Å². The van der Waals surface area contributed by atoms with E-state index < -0.39 is 6.03 Å². The van der Waals surface area contributed by atoms with E-state index in [2.05, 4.69) is 15.8 Å². The molecule has 1 aromatic carbocycles. The summed E-state index contributed by atoms with van der Waals surface area (Å²) in [7, 11) is 0. The zero-order valence-corrected chi connectivity index (χ0v) is 10.3. The first-order chi connectivity index (χ1) is 8.54. The second kappa shape index (κ2) is 4.97. The summed E-state index contributed by atoms with van der Waals surface area (Å²) in [5, 5.41) is 9.06. The van der Waals surface area contributed by atoms with Gasteiger partial charge in [0, 0.05) is 11.8 Å². The van der Waals surface area contributed by atoms with E-state index in [9.17, 15) is 4.79 Å². The van der Waals surface area contributed by atoms with Crippen molar-refractivity contribution in [2.75, 3.05) is 16.4 Å². The molecule has 0 atom stereocenters. The SMILES string of the molecule is Cc1cc(NC(=O)Nc2ccc(N)cc2Cl)on1. The molecule has 0 radical (unpaired) electrons. The first-order valence-corrected chi connectivity index (χ1v) is 5.49. The third kappa shape index (κ3) is 2.92. The quantitative estimate of drug-likeness (QED) is 0.729. The summed E-state index contributed by atoms with van der Waals surface area (Å²) in [5.74, 6) is 0.261. The normalized spacial score (nSPS) is 10.1. The van der Waals surface area contributed by atoms with Crippen LogP contribution in [0.1, 0.15) is 5.69 Å². The van der Waals surface area contributed by atoms with Crippen LogP contribution in [0.25, 0.3) is 0 Å². The van der Waals surface area contributed by atoms with Crippen LogP contribution in [0.5, 0.6) is 0 Å². The highest BCUT2D eigenvalue weighted by atomic mass is 35.5. The standard InChI is InChI=1S/C11H11ClN4O2/c1-6-4-10(18-16-6)15-11(17)14-9-3-2-7(13)5-8(9)12/h2-5H,13H2,1H3,(H2,14,15,17). The Morgan fingerprint density at radius 1 is 1.39 bits per heavy atom. The molecule has 0 aliphatic heterocycles. The van der Waals surface area contributed by atoms with E-state index in [-0.39, 0.29) is 5.88 Å². The van der Waals surface area contributed by atoms with Gasteiger partial charge in [-0.25, -0.2) is 4.79 Å². The number of urea groups is 1. The summed E-state index contributed by atoms with van der Waals surface area (Å²) in [5.41, 5.74) is 7.21. The van der Waals surface area contributed by atoms with Gasteiger partial charge in [-0.2, -0.15) is 0 Å². The Kier molecular flexibility index (Phi) is 3.38. The number of hydrogen-bond donors (Lipinski definition) is 3. The number of halogens is 1. The molecule has 0 fully saturated rings. The van der Waals surface area contributed by atoms with Crippen molar-refractivity contribution >= 4 is 34.9 Å². The monoisotopic (exact) mass is 266 g/mol. The Morgan fingerprint density at radius 3 is 2.78 bits per heavy atom. The number of carbonyl (C=O) groups is 1. The van der Waals surface area contributed by atoms with Gasteiger partial charge in [-0.3, -0.25) is 5.32 Å². The zero-order valence-electron chi connectivity index (χ0n) is 9.53. The van der Waals surface area contributed by atoms with Gasteiger partial charge in [0.15, 0.2) is 0 Å². The summed E-state index contributed by atoms with van der Waals surface area (Å²) < 4.78 is 4.85. The number of amides is 2. The average Bonchev–Trinajstić information content (AvgIpc) is 2.68. The van der Waals surface area contributed by atoms with Gasteiger partial charge in [0.2, 0.25) is 5.88 Å². The fourth-order valence-electron chi connectivity index (χ4n) is 1.32. The molecule has 94 valence electrons. The maximum Gasteiger partial charge on any atom is 0.326 e.